The third-order valence-corrected chi connectivity index (χ3v) is 6.13. The Hall–Kier alpha value is -3.06. The number of fused-ring (bicyclic) bond motifs is 3. The molecule has 1 fully saturated rings. The van der Waals surface area contributed by atoms with Gasteiger partial charge in [-0.2, -0.15) is 0 Å². The molecule has 0 atom stereocenters. The summed E-state index contributed by atoms with van der Waals surface area (Å²) in [7, 11) is 0. The van der Waals surface area contributed by atoms with Crippen molar-refractivity contribution in [1.29, 1.82) is 0 Å². The largest absolute Gasteiger partial charge is 0.383 e. The second-order valence-electron chi connectivity index (χ2n) is 8.69. The van der Waals surface area contributed by atoms with E-state index in [2.05, 4.69) is 9.97 Å². The number of hydrogen-bond acceptors (Lipinski definition) is 5. The lowest BCUT2D eigenvalue weighted by atomic mass is 10.0. The van der Waals surface area contributed by atoms with Crippen molar-refractivity contribution < 1.29 is 13.9 Å². The van der Waals surface area contributed by atoms with Crippen molar-refractivity contribution in [2.45, 2.75) is 58.4 Å². The average Bonchev–Trinajstić information content (AvgIpc) is 3.47. The lowest BCUT2D eigenvalue weighted by molar-refractivity contribution is 0.0685. The maximum atomic E-state index is 15.0. The summed E-state index contributed by atoms with van der Waals surface area (Å²) < 4.78 is 20.5. The van der Waals surface area contributed by atoms with Crippen LogP contribution < -0.4 is 5.73 Å². The van der Waals surface area contributed by atoms with Crippen molar-refractivity contribution in [3.63, 3.8) is 0 Å². The summed E-state index contributed by atoms with van der Waals surface area (Å²) in [6.07, 6.45) is 4.21. The molecule has 1 aliphatic carbocycles. The van der Waals surface area contributed by atoms with Crippen LogP contribution in [0.25, 0.3) is 10.9 Å². The van der Waals surface area contributed by atoms with Crippen LogP contribution >= 0.6 is 0 Å². The van der Waals surface area contributed by atoms with Crippen LogP contribution in [0.1, 0.15) is 65.3 Å². The molecule has 6 nitrogen and oxygen atoms in total. The Morgan fingerprint density at radius 3 is 2.71 bits per heavy atom. The molecule has 7 heteroatoms. The first-order valence-corrected chi connectivity index (χ1v) is 10.7. The lowest BCUT2D eigenvalue weighted by Gasteiger charge is -2.27. The van der Waals surface area contributed by atoms with E-state index in [4.69, 9.17) is 10.5 Å². The summed E-state index contributed by atoms with van der Waals surface area (Å²) in [5.74, 6) is -0.0253. The number of carbonyl (C=O) groups excluding carboxylic acids is 1. The monoisotopic (exact) mass is 420 g/mol. The van der Waals surface area contributed by atoms with E-state index in [0.717, 1.165) is 22.4 Å². The molecule has 0 radical (unpaired) electrons. The fourth-order valence-electron chi connectivity index (χ4n) is 4.15. The van der Waals surface area contributed by atoms with Gasteiger partial charge in [0.2, 0.25) is 0 Å². The van der Waals surface area contributed by atoms with Gasteiger partial charge in [0.15, 0.2) is 0 Å². The first-order chi connectivity index (χ1) is 14.9. The zero-order chi connectivity index (χ0) is 21.7. The third-order valence-electron chi connectivity index (χ3n) is 6.13. The Bertz CT molecular complexity index is 1170. The number of nitrogen functional groups attached to an aromatic ring is 1. The van der Waals surface area contributed by atoms with Crippen LogP contribution in [0, 0.1) is 5.82 Å². The molecular weight excluding hydrogens is 395 g/mol. The SMILES string of the molecule is CC(C)N(Cc1ccc(C2CC2)nc1)C(=O)c1cc2c3c(c(N)nc2cc1F)COC3. The summed E-state index contributed by atoms with van der Waals surface area (Å²) in [5.41, 5.74) is 10.2. The highest BCUT2D eigenvalue weighted by molar-refractivity contribution is 5.99. The van der Waals surface area contributed by atoms with Crippen LogP contribution in [0.15, 0.2) is 30.5 Å². The van der Waals surface area contributed by atoms with Gasteiger partial charge >= 0.3 is 0 Å². The van der Waals surface area contributed by atoms with E-state index in [1.807, 2.05) is 32.2 Å². The first kappa shape index (κ1) is 19.9. The fourth-order valence-corrected chi connectivity index (χ4v) is 4.15. The molecule has 0 unspecified atom stereocenters. The van der Waals surface area contributed by atoms with E-state index >= 15 is 0 Å². The maximum Gasteiger partial charge on any atom is 0.257 e. The number of anilines is 1. The van der Waals surface area contributed by atoms with Crippen LogP contribution in [-0.2, 0) is 24.5 Å². The van der Waals surface area contributed by atoms with Crippen LogP contribution in [-0.4, -0.2) is 26.8 Å². The van der Waals surface area contributed by atoms with Crippen LogP contribution in [0.2, 0.25) is 0 Å². The molecule has 2 aromatic heterocycles. The lowest BCUT2D eigenvalue weighted by Crippen LogP contribution is -2.37. The van der Waals surface area contributed by atoms with Gasteiger partial charge in [0.1, 0.15) is 11.6 Å². The fraction of sp³-hybridized carbons (Fsp3) is 0.375. The van der Waals surface area contributed by atoms with E-state index in [9.17, 15) is 9.18 Å². The number of amides is 1. The van der Waals surface area contributed by atoms with E-state index in [0.29, 0.717) is 42.4 Å². The van der Waals surface area contributed by atoms with Gasteiger partial charge in [0, 0.05) is 47.4 Å². The molecule has 1 saturated carbocycles. The zero-order valence-corrected chi connectivity index (χ0v) is 17.7. The van der Waals surface area contributed by atoms with Gasteiger partial charge in [-0.1, -0.05) is 6.07 Å². The number of pyridine rings is 2. The minimum atomic E-state index is -0.601. The van der Waals surface area contributed by atoms with Crippen molar-refractivity contribution in [2.75, 3.05) is 5.73 Å². The molecule has 2 aliphatic rings. The number of halogens is 1. The molecule has 1 amide bonds. The number of hydrogen-bond donors (Lipinski definition) is 1. The predicted molar refractivity (Wildman–Crippen MR) is 116 cm³/mol. The summed E-state index contributed by atoms with van der Waals surface area (Å²) in [4.78, 5) is 23.9. The van der Waals surface area contributed by atoms with Crippen molar-refractivity contribution in [3.05, 3.63) is 64.2 Å². The summed E-state index contributed by atoms with van der Waals surface area (Å²) >= 11 is 0. The third kappa shape index (κ3) is 3.63. The van der Waals surface area contributed by atoms with Gasteiger partial charge < -0.3 is 15.4 Å². The smallest absolute Gasteiger partial charge is 0.257 e. The predicted octanol–water partition coefficient (Wildman–Crippen LogP) is 4.31. The van der Waals surface area contributed by atoms with Crippen LogP contribution in [0.5, 0.6) is 0 Å². The number of carbonyl (C=O) groups is 1. The summed E-state index contributed by atoms with van der Waals surface area (Å²) in [6, 6.07) is 6.83. The molecule has 5 rings (SSSR count). The molecule has 3 heterocycles. The number of ether oxygens (including phenoxy) is 1. The Morgan fingerprint density at radius 2 is 2.03 bits per heavy atom. The second-order valence-corrected chi connectivity index (χ2v) is 8.69. The normalized spacial score (nSPS) is 15.5. The Morgan fingerprint density at radius 1 is 1.26 bits per heavy atom. The number of nitrogens with zero attached hydrogens (tertiary/aromatic N) is 3. The minimum Gasteiger partial charge on any atom is -0.383 e. The second kappa shape index (κ2) is 7.57. The quantitative estimate of drug-likeness (QED) is 0.665. The topological polar surface area (TPSA) is 81.3 Å². The zero-order valence-electron chi connectivity index (χ0n) is 17.7. The molecule has 160 valence electrons. The van der Waals surface area contributed by atoms with Gasteiger partial charge in [-0.15, -0.1) is 0 Å². The van der Waals surface area contributed by atoms with Crippen molar-refractivity contribution in [1.82, 2.24) is 14.9 Å². The summed E-state index contributed by atoms with van der Waals surface area (Å²) in [6.45, 7) is 4.98. The van der Waals surface area contributed by atoms with Gasteiger partial charge in [-0.3, -0.25) is 9.78 Å². The van der Waals surface area contributed by atoms with Crippen molar-refractivity contribution in [3.8, 4) is 0 Å². The van der Waals surface area contributed by atoms with E-state index < -0.39 is 5.82 Å². The van der Waals surface area contributed by atoms with Gasteiger partial charge in [0.05, 0.1) is 24.3 Å². The highest BCUT2D eigenvalue weighted by Gasteiger charge is 2.27. The molecule has 1 aliphatic heterocycles. The molecule has 3 aromatic rings. The van der Waals surface area contributed by atoms with Gasteiger partial charge in [0.25, 0.3) is 5.91 Å². The van der Waals surface area contributed by atoms with Crippen molar-refractivity contribution >= 4 is 22.6 Å². The average molecular weight is 420 g/mol. The highest BCUT2D eigenvalue weighted by Crippen LogP contribution is 2.38. The van der Waals surface area contributed by atoms with Gasteiger partial charge in [-0.25, -0.2) is 9.37 Å². The summed E-state index contributed by atoms with van der Waals surface area (Å²) in [5, 5.41) is 0.714. The molecule has 0 saturated heterocycles. The molecule has 0 bridgehead atoms. The Kier molecular flexibility index (Phi) is 4.85. The molecule has 31 heavy (non-hydrogen) atoms. The standard InChI is InChI=1S/C24H25FN4O2/c1-13(2)29(10-14-3-6-21(27-9-14)15-4-5-15)24(30)17-7-16-18-11-31-12-19(18)23(26)28-22(16)8-20(17)25/h3,6-9,13,15H,4-5,10-12H2,1-2H3,(H2,26,28). The number of nitrogens with two attached hydrogens (primary N) is 1. The maximum absolute atomic E-state index is 15.0. The van der Waals surface area contributed by atoms with E-state index in [1.165, 1.54) is 18.9 Å². The Labute approximate surface area is 180 Å². The van der Waals surface area contributed by atoms with Gasteiger partial charge in [-0.05, 0) is 49.9 Å². The first-order valence-electron chi connectivity index (χ1n) is 10.7. The minimum absolute atomic E-state index is 0.0319. The molecule has 0 spiro atoms. The Balaban J connectivity index is 1.49. The molecule has 1 aromatic carbocycles. The number of rotatable bonds is 5. The van der Waals surface area contributed by atoms with Crippen molar-refractivity contribution in [2.24, 2.45) is 0 Å². The van der Waals surface area contributed by atoms with Crippen LogP contribution in [0.4, 0.5) is 10.2 Å². The van der Waals surface area contributed by atoms with E-state index in [1.54, 1.807) is 11.0 Å². The van der Waals surface area contributed by atoms with E-state index in [-0.39, 0.29) is 17.5 Å². The molecular formula is C24H25FN4O2. The molecule has 2 N–H and O–H groups in total. The highest BCUT2D eigenvalue weighted by atomic mass is 19.1. The van der Waals surface area contributed by atoms with Crippen LogP contribution in [0.3, 0.4) is 0 Å². The number of aromatic nitrogens is 2. The number of benzene rings is 1.